The summed E-state index contributed by atoms with van der Waals surface area (Å²) < 4.78 is 5.90. The van der Waals surface area contributed by atoms with Gasteiger partial charge in [-0.3, -0.25) is 4.79 Å². The molecule has 0 bridgehead atoms. The molecule has 0 aliphatic carbocycles. The van der Waals surface area contributed by atoms with E-state index < -0.39 is 0 Å². The SMILES string of the molecule is CCOC(=O)CCc1cc(Br)cs1. The molecule has 4 heteroatoms. The lowest BCUT2D eigenvalue weighted by molar-refractivity contribution is -0.143. The quantitative estimate of drug-likeness (QED) is 0.780. The fourth-order valence-electron chi connectivity index (χ4n) is 0.943. The standard InChI is InChI=1S/C9H11BrO2S/c1-2-12-9(11)4-3-8-5-7(10)6-13-8/h5-6H,2-4H2,1H3. The molecule has 0 saturated heterocycles. The molecule has 1 aromatic rings. The topological polar surface area (TPSA) is 26.3 Å². The van der Waals surface area contributed by atoms with Crippen LogP contribution in [-0.2, 0) is 16.0 Å². The first kappa shape index (κ1) is 10.7. The van der Waals surface area contributed by atoms with Crippen LogP contribution in [0.25, 0.3) is 0 Å². The van der Waals surface area contributed by atoms with Crippen molar-refractivity contribution >= 4 is 33.2 Å². The van der Waals surface area contributed by atoms with Gasteiger partial charge in [-0.05, 0) is 35.3 Å². The highest BCUT2D eigenvalue weighted by atomic mass is 79.9. The van der Waals surface area contributed by atoms with Gasteiger partial charge < -0.3 is 4.74 Å². The minimum Gasteiger partial charge on any atom is -0.466 e. The van der Waals surface area contributed by atoms with Gasteiger partial charge in [0.05, 0.1) is 13.0 Å². The Bertz CT molecular complexity index is 283. The number of aryl methyl sites for hydroxylation is 1. The highest BCUT2D eigenvalue weighted by Gasteiger charge is 2.03. The van der Waals surface area contributed by atoms with E-state index in [0.717, 1.165) is 10.9 Å². The lowest BCUT2D eigenvalue weighted by Gasteiger charge is -1.99. The van der Waals surface area contributed by atoms with Crippen LogP contribution >= 0.6 is 27.3 Å². The second-order valence-electron chi connectivity index (χ2n) is 2.54. The van der Waals surface area contributed by atoms with E-state index in [-0.39, 0.29) is 5.97 Å². The van der Waals surface area contributed by atoms with E-state index in [4.69, 9.17) is 4.74 Å². The van der Waals surface area contributed by atoms with E-state index in [2.05, 4.69) is 15.9 Å². The van der Waals surface area contributed by atoms with Gasteiger partial charge in [-0.1, -0.05) is 0 Å². The molecule has 1 aromatic heterocycles. The van der Waals surface area contributed by atoms with Gasteiger partial charge in [-0.15, -0.1) is 11.3 Å². The van der Waals surface area contributed by atoms with Crippen LogP contribution in [0.15, 0.2) is 15.9 Å². The van der Waals surface area contributed by atoms with Gasteiger partial charge in [0.15, 0.2) is 0 Å². The highest BCUT2D eigenvalue weighted by Crippen LogP contribution is 2.20. The Morgan fingerprint density at radius 2 is 2.46 bits per heavy atom. The molecular weight excluding hydrogens is 252 g/mol. The third kappa shape index (κ3) is 3.91. The van der Waals surface area contributed by atoms with Gasteiger partial charge >= 0.3 is 5.97 Å². The number of hydrogen-bond donors (Lipinski definition) is 0. The van der Waals surface area contributed by atoms with E-state index in [9.17, 15) is 4.79 Å². The van der Waals surface area contributed by atoms with E-state index in [1.165, 1.54) is 4.88 Å². The van der Waals surface area contributed by atoms with Crippen LogP contribution < -0.4 is 0 Å². The summed E-state index contributed by atoms with van der Waals surface area (Å²) in [7, 11) is 0. The van der Waals surface area contributed by atoms with Crippen molar-refractivity contribution in [1.82, 2.24) is 0 Å². The van der Waals surface area contributed by atoms with E-state index in [1.54, 1.807) is 11.3 Å². The van der Waals surface area contributed by atoms with Crippen molar-refractivity contribution in [2.45, 2.75) is 19.8 Å². The minimum atomic E-state index is -0.118. The molecule has 72 valence electrons. The fraction of sp³-hybridized carbons (Fsp3) is 0.444. The lowest BCUT2D eigenvalue weighted by Crippen LogP contribution is -2.04. The van der Waals surface area contributed by atoms with Crippen LogP contribution in [-0.4, -0.2) is 12.6 Å². The zero-order valence-electron chi connectivity index (χ0n) is 7.38. The minimum absolute atomic E-state index is 0.118. The highest BCUT2D eigenvalue weighted by molar-refractivity contribution is 9.10. The van der Waals surface area contributed by atoms with Gasteiger partial charge in [0.25, 0.3) is 0 Å². The molecule has 0 N–H and O–H groups in total. The molecule has 0 saturated carbocycles. The molecule has 1 rings (SSSR count). The van der Waals surface area contributed by atoms with Gasteiger partial charge in [0.1, 0.15) is 0 Å². The van der Waals surface area contributed by atoms with Gasteiger partial charge in [-0.2, -0.15) is 0 Å². The smallest absolute Gasteiger partial charge is 0.306 e. The number of halogens is 1. The number of esters is 1. The summed E-state index contributed by atoms with van der Waals surface area (Å²) in [5.74, 6) is -0.118. The Kier molecular flexibility index (Phi) is 4.45. The van der Waals surface area contributed by atoms with Crippen LogP contribution in [0.2, 0.25) is 0 Å². The number of carbonyl (C=O) groups is 1. The van der Waals surface area contributed by atoms with Crippen LogP contribution in [0.5, 0.6) is 0 Å². The van der Waals surface area contributed by atoms with Crippen molar-refractivity contribution < 1.29 is 9.53 Å². The second kappa shape index (κ2) is 5.40. The summed E-state index contributed by atoms with van der Waals surface area (Å²) in [6, 6.07) is 2.03. The number of thiophene rings is 1. The normalized spacial score (nSPS) is 10.0. The fourth-order valence-corrected chi connectivity index (χ4v) is 2.40. The maximum atomic E-state index is 11.0. The zero-order valence-corrected chi connectivity index (χ0v) is 9.78. The average molecular weight is 263 g/mol. The molecule has 13 heavy (non-hydrogen) atoms. The molecular formula is C9H11BrO2S. The number of hydrogen-bond acceptors (Lipinski definition) is 3. The van der Waals surface area contributed by atoms with Crippen LogP contribution in [0.3, 0.4) is 0 Å². The maximum absolute atomic E-state index is 11.0. The van der Waals surface area contributed by atoms with Crippen LogP contribution in [0, 0.1) is 0 Å². The predicted molar refractivity (Wildman–Crippen MR) is 57.0 cm³/mol. The Hall–Kier alpha value is -0.350. The molecule has 0 spiro atoms. The van der Waals surface area contributed by atoms with Crippen LogP contribution in [0.4, 0.5) is 0 Å². The molecule has 0 fully saturated rings. The summed E-state index contributed by atoms with van der Waals surface area (Å²) in [6.07, 6.45) is 1.25. The number of rotatable bonds is 4. The maximum Gasteiger partial charge on any atom is 0.306 e. The third-order valence-electron chi connectivity index (χ3n) is 1.50. The van der Waals surface area contributed by atoms with E-state index >= 15 is 0 Å². The molecule has 0 aliphatic rings. The zero-order chi connectivity index (χ0) is 9.68. The summed E-state index contributed by atoms with van der Waals surface area (Å²) in [5, 5.41) is 2.01. The third-order valence-corrected chi connectivity index (χ3v) is 3.26. The Balaban J connectivity index is 2.30. The number of carbonyl (C=O) groups excluding carboxylic acids is 1. The second-order valence-corrected chi connectivity index (χ2v) is 4.45. The molecule has 0 amide bonds. The van der Waals surface area contributed by atoms with Crippen molar-refractivity contribution in [3.05, 3.63) is 20.8 Å². The Labute approximate surface area is 90.0 Å². The van der Waals surface area contributed by atoms with E-state index in [0.29, 0.717) is 13.0 Å². The average Bonchev–Trinajstić information content (AvgIpc) is 2.49. The molecule has 0 atom stereocenters. The van der Waals surface area contributed by atoms with Gasteiger partial charge in [0.2, 0.25) is 0 Å². The van der Waals surface area contributed by atoms with Crippen molar-refractivity contribution in [3.63, 3.8) is 0 Å². The first-order valence-corrected chi connectivity index (χ1v) is 5.78. The lowest BCUT2D eigenvalue weighted by atomic mass is 10.3. The Morgan fingerprint density at radius 3 is 3.00 bits per heavy atom. The largest absolute Gasteiger partial charge is 0.466 e. The van der Waals surface area contributed by atoms with E-state index in [1.807, 2.05) is 18.4 Å². The van der Waals surface area contributed by atoms with Gasteiger partial charge in [-0.25, -0.2) is 0 Å². The summed E-state index contributed by atoms with van der Waals surface area (Å²) in [4.78, 5) is 12.2. The summed E-state index contributed by atoms with van der Waals surface area (Å²) >= 11 is 5.02. The molecule has 0 radical (unpaired) electrons. The van der Waals surface area contributed by atoms with Crippen molar-refractivity contribution in [1.29, 1.82) is 0 Å². The summed E-state index contributed by atoms with van der Waals surface area (Å²) in [6.45, 7) is 2.28. The summed E-state index contributed by atoms with van der Waals surface area (Å²) in [5.41, 5.74) is 0. The molecule has 1 heterocycles. The van der Waals surface area contributed by atoms with Crippen molar-refractivity contribution in [3.8, 4) is 0 Å². The monoisotopic (exact) mass is 262 g/mol. The molecule has 0 unspecified atom stereocenters. The number of ether oxygens (including phenoxy) is 1. The molecule has 0 aliphatic heterocycles. The molecule has 0 aromatic carbocycles. The Morgan fingerprint density at radius 1 is 1.69 bits per heavy atom. The van der Waals surface area contributed by atoms with Gasteiger partial charge in [0, 0.05) is 14.7 Å². The first-order chi connectivity index (χ1) is 6.22. The van der Waals surface area contributed by atoms with Crippen molar-refractivity contribution in [2.24, 2.45) is 0 Å². The van der Waals surface area contributed by atoms with Crippen LogP contribution in [0.1, 0.15) is 18.2 Å². The predicted octanol–water partition coefficient (Wildman–Crippen LogP) is 3.01. The first-order valence-electron chi connectivity index (χ1n) is 4.11. The van der Waals surface area contributed by atoms with Crippen molar-refractivity contribution in [2.75, 3.05) is 6.61 Å². The molecule has 2 nitrogen and oxygen atoms in total.